The first-order valence-electron chi connectivity index (χ1n) is 6.50. The molecule has 1 atom stereocenters. The van der Waals surface area contributed by atoms with Gasteiger partial charge in [0.2, 0.25) is 0 Å². The molecule has 2 aliphatic heterocycles. The molecule has 0 N–H and O–H groups in total. The molecule has 0 bridgehead atoms. The average Bonchev–Trinajstić information content (AvgIpc) is 2.47. The van der Waals surface area contributed by atoms with Gasteiger partial charge in [0.1, 0.15) is 6.04 Å². The Balaban J connectivity index is 2.18. The van der Waals surface area contributed by atoms with Crippen LogP contribution < -0.4 is 0 Å². The van der Waals surface area contributed by atoms with Crippen molar-refractivity contribution in [2.45, 2.75) is 25.3 Å². The molecule has 2 aliphatic rings. The van der Waals surface area contributed by atoms with Crippen molar-refractivity contribution < 1.29 is 22.7 Å². The first-order chi connectivity index (χ1) is 9.07. The van der Waals surface area contributed by atoms with Crippen LogP contribution in [0.15, 0.2) is 0 Å². The Labute approximate surface area is 113 Å². The SMILES string of the molecule is COC(=O)C1COCCN1S(=O)(=O)N1CCCCC1. The van der Waals surface area contributed by atoms with E-state index in [9.17, 15) is 13.2 Å². The number of nitrogens with zero attached hydrogens (tertiary/aromatic N) is 2. The van der Waals surface area contributed by atoms with Crippen molar-refractivity contribution in [1.82, 2.24) is 8.61 Å². The number of carbonyl (C=O) groups excluding carboxylic acids is 1. The highest BCUT2D eigenvalue weighted by Gasteiger charge is 2.41. The van der Waals surface area contributed by atoms with Crippen LogP contribution in [0.25, 0.3) is 0 Å². The molecule has 0 amide bonds. The minimum atomic E-state index is -3.60. The minimum absolute atomic E-state index is 0.0553. The zero-order valence-corrected chi connectivity index (χ0v) is 11.9. The van der Waals surface area contributed by atoms with Crippen molar-refractivity contribution in [3.05, 3.63) is 0 Å². The Hall–Kier alpha value is -0.700. The molecule has 1 unspecified atom stereocenters. The first kappa shape index (κ1) is 14.7. The number of carbonyl (C=O) groups is 1. The van der Waals surface area contributed by atoms with Crippen LogP contribution in [0, 0.1) is 0 Å². The second kappa shape index (κ2) is 6.17. The number of esters is 1. The number of morpholine rings is 1. The van der Waals surface area contributed by atoms with E-state index in [1.165, 1.54) is 15.7 Å². The maximum atomic E-state index is 12.6. The summed E-state index contributed by atoms with van der Waals surface area (Å²) in [4.78, 5) is 11.7. The molecule has 0 aromatic rings. The lowest BCUT2D eigenvalue weighted by Gasteiger charge is -2.37. The second-order valence-corrected chi connectivity index (χ2v) is 6.57. The summed E-state index contributed by atoms with van der Waals surface area (Å²) in [6, 6.07) is -0.870. The van der Waals surface area contributed by atoms with Crippen LogP contribution in [-0.4, -0.2) is 69.0 Å². The molecule has 0 aromatic heterocycles. The Bertz CT molecular complexity index is 419. The summed E-state index contributed by atoms with van der Waals surface area (Å²) in [5.41, 5.74) is 0. The van der Waals surface area contributed by atoms with Crippen LogP contribution in [0.4, 0.5) is 0 Å². The van der Waals surface area contributed by atoms with Gasteiger partial charge >= 0.3 is 5.97 Å². The summed E-state index contributed by atoms with van der Waals surface area (Å²) in [6.07, 6.45) is 2.79. The van der Waals surface area contributed by atoms with Crippen molar-refractivity contribution in [1.29, 1.82) is 0 Å². The van der Waals surface area contributed by atoms with Gasteiger partial charge in [-0.1, -0.05) is 6.42 Å². The first-order valence-corrected chi connectivity index (χ1v) is 7.89. The average molecular weight is 292 g/mol. The molecule has 7 nitrogen and oxygen atoms in total. The van der Waals surface area contributed by atoms with E-state index < -0.39 is 22.2 Å². The molecule has 2 heterocycles. The maximum absolute atomic E-state index is 12.6. The Morgan fingerprint density at radius 1 is 1.21 bits per heavy atom. The van der Waals surface area contributed by atoms with Crippen molar-refractivity contribution in [3.63, 3.8) is 0 Å². The van der Waals surface area contributed by atoms with Crippen LogP contribution in [0.3, 0.4) is 0 Å². The van der Waals surface area contributed by atoms with E-state index in [2.05, 4.69) is 4.74 Å². The van der Waals surface area contributed by atoms with Gasteiger partial charge in [-0.05, 0) is 12.8 Å². The highest BCUT2D eigenvalue weighted by molar-refractivity contribution is 7.86. The molecule has 0 aliphatic carbocycles. The molecule has 2 saturated heterocycles. The van der Waals surface area contributed by atoms with Crippen LogP contribution in [-0.2, 0) is 24.5 Å². The predicted molar refractivity (Wildman–Crippen MR) is 67.7 cm³/mol. The van der Waals surface area contributed by atoms with Gasteiger partial charge in [0.15, 0.2) is 0 Å². The lowest BCUT2D eigenvalue weighted by molar-refractivity contribution is -0.149. The van der Waals surface area contributed by atoms with Gasteiger partial charge < -0.3 is 9.47 Å². The highest BCUT2D eigenvalue weighted by atomic mass is 32.2. The zero-order chi connectivity index (χ0) is 13.9. The van der Waals surface area contributed by atoms with Gasteiger partial charge in [-0.15, -0.1) is 0 Å². The molecule has 8 heteroatoms. The molecular formula is C11H20N2O5S. The number of hydrogen-bond donors (Lipinski definition) is 0. The third-order valence-corrected chi connectivity index (χ3v) is 5.54. The van der Waals surface area contributed by atoms with E-state index in [-0.39, 0.29) is 13.2 Å². The Kier molecular flexibility index (Phi) is 4.77. The van der Waals surface area contributed by atoms with Crippen molar-refractivity contribution in [3.8, 4) is 0 Å². The Morgan fingerprint density at radius 2 is 1.89 bits per heavy atom. The van der Waals surface area contributed by atoms with Crippen molar-refractivity contribution in [2.75, 3.05) is 40.0 Å². The number of rotatable bonds is 3. The molecule has 19 heavy (non-hydrogen) atoms. The standard InChI is InChI=1S/C11H20N2O5S/c1-17-11(14)10-9-18-8-7-13(10)19(15,16)12-5-3-2-4-6-12/h10H,2-9H2,1H3. The fourth-order valence-corrected chi connectivity index (χ4v) is 4.22. The molecule has 2 fully saturated rings. The van der Waals surface area contributed by atoms with Crippen molar-refractivity contribution >= 4 is 16.2 Å². The van der Waals surface area contributed by atoms with Crippen molar-refractivity contribution in [2.24, 2.45) is 0 Å². The lowest BCUT2D eigenvalue weighted by atomic mass is 10.2. The summed E-state index contributed by atoms with van der Waals surface area (Å²) in [7, 11) is -2.35. The third-order valence-electron chi connectivity index (χ3n) is 3.49. The summed E-state index contributed by atoms with van der Waals surface area (Å²) < 4.78 is 37.6. The third kappa shape index (κ3) is 3.07. The van der Waals surface area contributed by atoms with E-state index in [1.54, 1.807) is 0 Å². The van der Waals surface area contributed by atoms with Gasteiger partial charge in [0.05, 0.1) is 20.3 Å². The van der Waals surface area contributed by atoms with Crippen LogP contribution in [0.2, 0.25) is 0 Å². The van der Waals surface area contributed by atoms with Gasteiger partial charge in [-0.3, -0.25) is 4.79 Å². The fourth-order valence-electron chi connectivity index (χ4n) is 2.43. The fraction of sp³-hybridized carbons (Fsp3) is 0.909. The predicted octanol–water partition coefficient (Wildman–Crippen LogP) is -0.409. The number of hydrogen-bond acceptors (Lipinski definition) is 5. The lowest BCUT2D eigenvalue weighted by Crippen LogP contribution is -2.57. The summed E-state index contributed by atoms with van der Waals surface area (Å²) in [6.45, 7) is 1.60. The maximum Gasteiger partial charge on any atom is 0.326 e. The van der Waals surface area contributed by atoms with E-state index in [0.29, 0.717) is 19.7 Å². The van der Waals surface area contributed by atoms with E-state index in [0.717, 1.165) is 19.3 Å². The van der Waals surface area contributed by atoms with Gasteiger partial charge in [-0.2, -0.15) is 17.0 Å². The largest absolute Gasteiger partial charge is 0.468 e. The number of piperidine rings is 1. The molecule has 0 radical (unpaired) electrons. The van der Waals surface area contributed by atoms with Gasteiger partial charge in [0, 0.05) is 19.6 Å². The Morgan fingerprint density at radius 3 is 2.53 bits per heavy atom. The summed E-state index contributed by atoms with van der Waals surface area (Å²) in [5.74, 6) is -0.569. The molecular weight excluding hydrogens is 272 g/mol. The second-order valence-electron chi connectivity index (χ2n) is 4.69. The minimum Gasteiger partial charge on any atom is -0.468 e. The quantitative estimate of drug-likeness (QED) is 0.661. The van der Waals surface area contributed by atoms with E-state index in [4.69, 9.17) is 4.74 Å². The van der Waals surface area contributed by atoms with Crippen LogP contribution in [0.5, 0.6) is 0 Å². The molecule has 0 saturated carbocycles. The topological polar surface area (TPSA) is 76.1 Å². The number of methoxy groups -OCH3 is 1. The van der Waals surface area contributed by atoms with Gasteiger partial charge in [-0.25, -0.2) is 0 Å². The summed E-state index contributed by atoms with van der Waals surface area (Å²) in [5, 5.41) is 0. The highest BCUT2D eigenvalue weighted by Crippen LogP contribution is 2.21. The van der Waals surface area contributed by atoms with Gasteiger partial charge in [0.25, 0.3) is 10.2 Å². The molecule has 2 rings (SSSR count). The monoisotopic (exact) mass is 292 g/mol. The normalized spacial score (nSPS) is 27.1. The van der Waals surface area contributed by atoms with Crippen LogP contribution >= 0.6 is 0 Å². The molecule has 0 aromatic carbocycles. The van der Waals surface area contributed by atoms with E-state index in [1.807, 2.05) is 0 Å². The zero-order valence-electron chi connectivity index (χ0n) is 11.1. The smallest absolute Gasteiger partial charge is 0.326 e. The van der Waals surface area contributed by atoms with Crippen LogP contribution in [0.1, 0.15) is 19.3 Å². The van der Waals surface area contributed by atoms with E-state index >= 15 is 0 Å². The number of ether oxygens (including phenoxy) is 2. The molecule has 0 spiro atoms. The molecule has 110 valence electrons. The summed E-state index contributed by atoms with van der Waals surface area (Å²) >= 11 is 0.